The molecule has 0 aliphatic rings. The van der Waals surface area contributed by atoms with Crippen molar-refractivity contribution in [3.63, 3.8) is 0 Å². The first-order valence-electron chi connectivity index (χ1n) is 5.98. The predicted molar refractivity (Wildman–Crippen MR) is 74.4 cm³/mol. The smallest absolute Gasteiger partial charge is 0.129 e. The molecule has 0 spiro atoms. The Morgan fingerprint density at radius 1 is 1.17 bits per heavy atom. The van der Waals surface area contributed by atoms with Crippen LogP contribution >= 0.6 is 11.6 Å². The SMILES string of the molecule is CC(=O)CCCOc1ccc(Cl)c2ccccc12. The third kappa shape index (κ3) is 3.02. The lowest BCUT2D eigenvalue weighted by Crippen LogP contribution is -2.00. The van der Waals surface area contributed by atoms with E-state index in [9.17, 15) is 4.79 Å². The van der Waals surface area contributed by atoms with Crippen LogP contribution in [0.3, 0.4) is 0 Å². The number of hydrogen-bond donors (Lipinski definition) is 0. The second-order valence-electron chi connectivity index (χ2n) is 4.25. The highest BCUT2D eigenvalue weighted by atomic mass is 35.5. The molecule has 0 unspecified atom stereocenters. The summed E-state index contributed by atoms with van der Waals surface area (Å²) in [5, 5.41) is 2.72. The van der Waals surface area contributed by atoms with Crippen LogP contribution < -0.4 is 4.74 Å². The summed E-state index contributed by atoms with van der Waals surface area (Å²) >= 11 is 6.13. The molecule has 0 radical (unpaired) electrons. The van der Waals surface area contributed by atoms with Crippen LogP contribution in [0.25, 0.3) is 10.8 Å². The van der Waals surface area contributed by atoms with Crippen LogP contribution in [0, 0.1) is 0 Å². The zero-order valence-electron chi connectivity index (χ0n) is 10.3. The summed E-state index contributed by atoms with van der Waals surface area (Å²) in [7, 11) is 0. The molecule has 0 saturated heterocycles. The first-order chi connectivity index (χ1) is 8.68. The molecule has 0 fully saturated rings. The molecule has 3 heteroatoms. The zero-order chi connectivity index (χ0) is 13.0. The van der Waals surface area contributed by atoms with Gasteiger partial charge in [-0.3, -0.25) is 0 Å². The Balaban J connectivity index is 2.14. The maximum absolute atomic E-state index is 10.8. The van der Waals surface area contributed by atoms with E-state index in [0.717, 1.165) is 28.0 Å². The average Bonchev–Trinajstić information content (AvgIpc) is 2.37. The van der Waals surface area contributed by atoms with Crippen molar-refractivity contribution in [2.75, 3.05) is 6.61 Å². The minimum Gasteiger partial charge on any atom is -0.493 e. The molecule has 0 atom stereocenters. The molecule has 2 nitrogen and oxygen atoms in total. The van der Waals surface area contributed by atoms with Gasteiger partial charge in [0.25, 0.3) is 0 Å². The van der Waals surface area contributed by atoms with E-state index in [2.05, 4.69) is 0 Å². The number of ketones is 1. The average molecular weight is 263 g/mol. The molecular weight excluding hydrogens is 248 g/mol. The normalized spacial score (nSPS) is 10.6. The number of benzene rings is 2. The van der Waals surface area contributed by atoms with Crippen molar-refractivity contribution < 1.29 is 9.53 Å². The molecule has 0 aliphatic heterocycles. The van der Waals surface area contributed by atoms with E-state index in [1.165, 1.54) is 0 Å². The first kappa shape index (κ1) is 12.9. The molecule has 2 rings (SSSR count). The summed E-state index contributed by atoms with van der Waals surface area (Å²) in [6.45, 7) is 2.14. The number of halogens is 1. The van der Waals surface area contributed by atoms with E-state index >= 15 is 0 Å². The van der Waals surface area contributed by atoms with Gasteiger partial charge in [-0.1, -0.05) is 35.9 Å². The van der Waals surface area contributed by atoms with Crippen LogP contribution in [0.4, 0.5) is 0 Å². The highest BCUT2D eigenvalue weighted by Crippen LogP contribution is 2.31. The van der Waals surface area contributed by atoms with Gasteiger partial charge in [-0.2, -0.15) is 0 Å². The van der Waals surface area contributed by atoms with E-state index in [0.29, 0.717) is 13.0 Å². The molecular formula is C15H15ClO2. The lowest BCUT2D eigenvalue weighted by molar-refractivity contribution is -0.117. The number of Topliss-reactive ketones (excluding diaryl/α,β-unsaturated/α-hetero) is 1. The number of fused-ring (bicyclic) bond motifs is 1. The van der Waals surface area contributed by atoms with E-state index in [4.69, 9.17) is 16.3 Å². The van der Waals surface area contributed by atoms with Crippen LogP contribution in [0.2, 0.25) is 5.02 Å². The van der Waals surface area contributed by atoms with Gasteiger partial charge in [0.15, 0.2) is 0 Å². The molecule has 0 aliphatic carbocycles. The van der Waals surface area contributed by atoms with Crippen molar-refractivity contribution in [2.45, 2.75) is 19.8 Å². The van der Waals surface area contributed by atoms with Crippen LogP contribution in [-0.2, 0) is 4.79 Å². The van der Waals surface area contributed by atoms with Gasteiger partial charge in [-0.15, -0.1) is 0 Å². The van der Waals surface area contributed by atoms with Crippen LogP contribution in [0.5, 0.6) is 5.75 Å². The second kappa shape index (κ2) is 5.87. The summed E-state index contributed by atoms with van der Waals surface area (Å²) in [6.07, 6.45) is 1.30. The summed E-state index contributed by atoms with van der Waals surface area (Å²) in [5.74, 6) is 1.01. The molecule has 0 N–H and O–H groups in total. The van der Waals surface area contributed by atoms with Crippen molar-refractivity contribution in [3.05, 3.63) is 41.4 Å². The molecule has 18 heavy (non-hydrogen) atoms. The highest BCUT2D eigenvalue weighted by Gasteiger charge is 2.05. The van der Waals surface area contributed by atoms with Crippen LogP contribution in [-0.4, -0.2) is 12.4 Å². The van der Waals surface area contributed by atoms with Gasteiger partial charge >= 0.3 is 0 Å². The largest absolute Gasteiger partial charge is 0.493 e. The Labute approximate surface area is 112 Å². The van der Waals surface area contributed by atoms with Gasteiger partial charge < -0.3 is 9.53 Å². The maximum atomic E-state index is 10.8. The summed E-state index contributed by atoms with van der Waals surface area (Å²) in [6, 6.07) is 11.6. The number of rotatable bonds is 5. The Morgan fingerprint density at radius 2 is 1.89 bits per heavy atom. The first-order valence-corrected chi connectivity index (χ1v) is 6.36. The minimum atomic E-state index is 0.194. The van der Waals surface area contributed by atoms with Gasteiger partial charge in [0.1, 0.15) is 11.5 Å². The van der Waals surface area contributed by atoms with Gasteiger partial charge in [0.05, 0.1) is 6.61 Å². The standard InChI is InChI=1S/C15H15ClO2/c1-11(17)5-4-10-18-15-9-8-14(16)12-6-2-3-7-13(12)15/h2-3,6-9H,4-5,10H2,1H3. The van der Waals surface area contributed by atoms with E-state index < -0.39 is 0 Å². The Morgan fingerprint density at radius 3 is 2.61 bits per heavy atom. The van der Waals surface area contributed by atoms with Crippen LogP contribution in [0.15, 0.2) is 36.4 Å². The quantitative estimate of drug-likeness (QED) is 0.754. The van der Waals surface area contributed by atoms with Crippen molar-refractivity contribution in [1.82, 2.24) is 0 Å². The minimum absolute atomic E-state index is 0.194. The number of carbonyl (C=O) groups is 1. The van der Waals surface area contributed by atoms with E-state index in [1.807, 2.05) is 36.4 Å². The maximum Gasteiger partial charge on any atom is 0.129 e. The van der Waals surface area contributed by atoms with Crippen molar-refractivity contribution in [1.29, 1.82) is 0 Å². The Hall–Kier alpha value is -1.54. The Bertz CT molecular complexity index is 563. The Kier molecular flexibility index (Phi) is 4.21. The lowest BCUT2D eigenvalue weighted by atomic mass is 10.1. The van der Waals surface area contributed by atoms with Crippen molar-refractivity contribution >= 4 is 28.2 Å². The fourth-order valence-corrected chi connectivity index (χ4v) is 2.09. The monoisotopic (exact) mass is 262 g/mol. The highest BCUT2D eigenvalue weighted by molar-refractivity contribution is 6.35. The molecule has 0 aromatic heterocycles. The molecule has 2 aromatic rings. The van der Waals surface area contributed by atoms with Gasteiger partial charge in [0, 0.05) is 22.2 Å². The lowest BCUT2D eigenvalue weighted by Gasteiger charge is -2.09. The topological polar surface area (TPSA) is 26.3 Å². The summed E-state index contributed by atoms with van der Waals surface area (Å²) < 4.78 is 5.71. The molecule has 0 heterocycles. The molecule has 0 amide bonds. The summed E-state index contributed by atoms with van der Waals surface area (Å²) in [4.78, 5) is 10.8. The van der Waals surface area contributed by atoms with Crippen molar-refractivity contribution in [2.24, 2.45) is 0 Å². The zero-order valence-corrected chi connectivity index (χ0v) is 11.0. The van der Waals surface area contributed by atoms with Gasteiger partial charge in [-0.05, 0) is 25.5 Å². The van der Waals surface area contributed by atoms with Crippen LogP contribution in [0.1, 0.15) is 19.8 Å². The molecule has 0 saturated carbocycles. The van der Waals surface area contributed by atoms with Gasteiger partial charge in [-0.25, -0.2) is 0 Å². The third-order valence-electron chi connectivity index (χ3n) is 2.76. The fraction of sp³-hybridized carbons (Fsp3) is 0.267. The number of hydrogen-bond acceptors (Lipinski definition) is 2. The van der Waals surface area contributed by atoms with E-state index in [-0.39, 0.29) is 5.78 Å². The number of ether oxygens (including phenoxy) is 1. The van der Waals surface area contributed by atoms with Crippen molar-refractivity contribution in [3.8, 4) is 5.75 Å². The number of carbonyl (C=O) groups excluding carboxylic acids is 1. The van der Waals surface area contributed by atoms with E-state index in [1.54, 1.807) is 6.92 Å². The third-order valence-corrected chi connectivity index (χ3v) is 3.09. The summed E-state index contributed by atoms with van der Waals surface area (Å²) in [5.41, 5.74) is 0. The molecule has 94 valence electrons. The predicted octanol–water partition coefficient (Wildman–Crippen LogP) is 4.24. The second-order valence-corrected chi connectivity index (χ2v) is 4.65. The molecule has 2 aromatic carbocycles. The fourth-order valence-electron chi connectivity index (χ4n) is 1.86. The van der Waals surface area contributed by atoms with Gasteiger partial charge in [0.2, 0.25) is 0 Å². The molecule has 0 bridgehead atoms.